The highest BCUT2D eigenvalue weighted by Gasteiger charge is 2.22. The van der Waals surface area contributed by atoms with Crippen molar-refractivity contribution in [3.05, 3.63) is 58.7 Å². The van der Waals surface area contributed by atoms with Gasteiger partial charge in [0.2, 0.25) is 0 Å². The van der Waals surface area contributed by atoms with Crippen LogP contribution in [-0.4, -0.2) is 25.9 Å². The lowest BCUT2D eigenvalue weighted by Crippen LogP contribution is -2.08. The number of carbonyl (C=O) groups excluding carboxylic acids is 1. The van der Waals surface area contributed by atoms with Crippen LogP contribution in [0.3, 0.4) is 0 Å². The minimum absolute atomic E-state index is 0.112. The lowest BCUT2D eigenvalue weighted by molar-refractivity contribution is 0.0428. The molecule has 136 valence electrons. The second-order valence-electron chi connectivity index (χ2n) is 6.21. The van der Waals surface area contributed by atoms with Crippen LogP contribution in [0.15, 0.2) is 28.8 Å². The van der Waals surface area contributed by atoms with Crippen LogP contribution in [0, 0.1) is 19.7 Å². The Morgan fingerprint density at radius 1 is 1.27 bits per heavy atom. The first-order chi connectivity index (χ1) is 12.4. The fraction of sp³-hybridized carbons (Fsp3) is 0.333. The predicted molar refractivity (Wildman–Crippen MR) is 90.5 cm³/mol. The molecular formula is C18H19FN4O3. The van der Waals surface area contributed by atoms with Gasteiger partial charge in [-0.1, -0.05) is 19.0 Å². The summed E-state index contributed by atoms with van der Waals surface area (Å²) in [6.45, 7) is 7.24. The summed E-state index contributed by atoms with van der Waals surface area (Å²) in [6.07, 6.45) is 0. The summed E-state index contributed by atoms with van der Waals surface area (Å²) < 4.78 is 25.0. The van der Waals surface area contributed by atoms with E-state index < -0.39 is 5.97 Å². The van der Waals surface area contributed by atoms with Gasteiger partial charge in [-0.15, -0.1) is 0 Å². The maximum absolute atomic E-state index is 13.1. The van der Waals surface area contributed by atoms with Crippen LogP contribution in [0.1, 0.15) is 53.2 Å². The van der Waals surface area contributed by atoms with E-state index in [9.17, 15) is 9.18 Å². The number of carbonyl (C=O) groups is 1. The van der Waals surface area contributed by atoms with E-state index >= 15 is 0 Å². The fourth-order valence-corrected chi connectivity index (χ4v) is 2.53. The van der Waals surface area contributed by atoms with Crippen molar-refractivity contribution in [1.82, 2.24) is 19.9 Å². The van der Waals surface area contributed by atoms with Crippen LogP contribution < -0.4 is 0 Å². The van der Waals surface area contributed by atoms with Crippen molar-refractivity contribution >= 4 is 5.97 Å². The smallest absolute Gasteiger partial charge is 0.342 e. The van der Waals surface area contributed by atoms with Crippen LogP contribution in [0.4, 0.5) is 4.39 Å². The highest BCUT2D eigenvalue weighted by molar-refractivity contribution is 5.92. The van der Waals surface area contributed by atoms with Gasteiger partial charge in [0.15, 0.2) is 12.4 Å². The quantitative estimate of drug-likeness (QED) is 0.649. The molecule has 0 bridgehead atoms. The summed E-state index contributed by atoms with van der Waals surface area (Å²) in [5, 5.41) is 8.18. The first-order valence-electron chi connectivity index (χ1n) is 8.18. The van der Waals surface area contributed by atoms with Gasteiger partial charge in [-0.25, -0.2) is 13.9 Å². The zero-order chi connectivity index (χ0) is 18.8. The van der Waals surface area contributed by atoms with Crippen LogP contribution >= 0.6 is 0 Å². The molecule has 0 radical (unpaired) electrons. The Bertz CT molecular complexity index is 929. The first-order valence-corrected chi connectivity index (χ1v) is 8.18. The molecule has 0 spiro atoms. The summed E-state index contributed by atoms with van der Waals surface area (Å²) >= 11 is 0. The lowest BCUT2D eigenvalue weighted by Gasteiger charge is -2.05. The lowest BCUT2D eigenvalue weighted by atomic mass is 10.2. The van der Waals surface area contributed by atoms with Crippen molar-refractivity contribution in [2.45, 2.75) is 40.2 Å². The molecule has 0 aliphatic rings. The van der Waals surface area contributed by atoms with E-state index in [0.717, 1.165) is 0 Å². The van der Waals surface area contributed by atoms with Gasteiger partial charge in [-0.3, -0.25) is 0 Å². The van der Waals surface area contributed by atoms with Gasteiger partial charge >= 0.3 is 5.97 Å². The van der Waals surface area contributed by atoms with Crippen LogP contribution in [0.5, 0.6) is 0 Å². The van der Waals surface area contributed by atoms with E-state index in [-0.39, 0.29) is 24.2 Å². The number of rotatable bonds is 5. The van der Waals surface area contributed by atoms with Gasteiger partial charge in [-0.2, -0.15) is 10.1 Å². The first kappa shape index (κ1) is 17.8. The monoisotopic (exact) mass is 358 g/mol. The van der Waals surface area contributed by atoms with Crippen molar-refractivity contribution in [1.29, 1.82) is 0 Å². The fourth-order valence-electron chi connectivity index (χ4n) is 2.53. The SMILES string of the molecule is Cc1nn(-c2ccc(F)cc2)c(C)c1C(=O)OCc1nc(C(C)C)no1. The van der Waals surface area contributed by atoms with Crippen molar-refractivity contribution < 1.29 is 18.4 Å². The standard InChI is InChI=1S/C18H19FN4O3/c1-10(2)17-20-15(26-22-17)9-25-18(24)16-11(3)21-23(12(16)4)14-7-5-13(19)6-8-14/h5-8,10H,9H2,1-4H3. The number of halogens is 1. The van der Waals surface area contributed by atoms with Gasteiger partial charge in [0, 0.05) is 5.92 Å². The van der Waals surface area contributed by atoms with Crippen LogP contribution in [0.2, 0.25) is 0 Å². The molecule has 26 heavy (non-hydrogen) atoms. The molecule has 0 fully saturated rings. The third-order valence-electron chi connectivity index (χ3n) is 3.89. The Balaban J connectivity index is 1.78. The molecule has 3 aromatic rings. The molecular weight excluding hydrogens is 339 g/mol. The van der Waals surface area contributed by atoms with E-state index in [1.165, 1.54) is 12.1 Å². The third-order valence-corrected chi connectivity index (χ3v) is 3.89. The highest BCUT2D eigenvalue weighted by atomic mass is 19.1. The van der Waals surface area contributed by atoms with Gasteiger partial charge in [0.25, 0.3) is 5.89 Å². The Hall–Kier alpha value is -3.03. The second-order valence-corrected chi connectivity index (χ2v) is 6.21. The predicted octanol–water partition coefficient (Wildman–Crippen LogP) is 3.49. The van der Waals surface area contributed by atoms with Gasteiger partial charge in [0.05, 0.1) is 17.1 Å². The molecule has 8 heteroatoms. The van der Waals surface area contributed by atoms with E-state index in [4.69, 9.17) is 9.26 Å². The van der Waals surface area contributed by atoms with E-state index in [1.807, 2.05) is 13.8 Å². The molecule has 0 amide bonds. The van der Waals surface area contributed by atoms with E-state index in [1.54, 1.807) is 30.7 Å². The van der Waals surface area contributed by atoms with E-state index in [0.29, 0.717) is 28.5 Å². The normalized spacial score (nSPS) is 11.2. The largest absolute Gasteiger partial charge is 0.452 e. The van der Waals surface area contributed by atoms with Gasteiger partial charge in [-0.05, 0) is 38.1 Å². The molecule has 0 N–H and O–H groups in total. The maximum Gasteiger partial charge on any atom is 0.342 e. The molecule has 0 aliphatic heterocycles. The molecule has 0 saturated heterocycles. The zero-order valence-corrected chi connectivity index (χ0v) is 15.0. The average Bonchev–Trinajstić information content (AvgIpc) is 3.18. The summed E-state index contributed by atoms with van der Waals surface area (Å²) in [4.78, 5) is 16.6. The number of esters is 1. The third kappa shape index (κ3) is 3.49. The Morgan fingerprint density at radius 3 is 2.58 bits per heavy atom. The van der Waals surface area contributed by atoms with Crippen molar-refractivity contribution in [2.75, 3.05) is 0 Å². The number of ether oxygens (including phenoxy) is 1. The number of hydrogen-bond acceptors (Lipinski definition) is 6. The number of benzene rings is 1. The van der Waals surface area contributed by atoms with Crippen LogP contribution in [-0.2, 0) is 11.3 Å². The number of aromatic nitrogens is 4. The Morgan fingerprint density at radius 2 is 1.96 bits per heavy atom. The molecule has 0 unspecified atom stereocenters. The molecule has 3 rings (SSSR count). The molecule has 0 saturated carbocycles. The Kier molecular flexibility index (Phi) is 4.83. The Labute approximate surface area is 149 Å². The molecule has 0 atom stereocenters. The van der Waals surface area contributed by atoms with Crippen molar-refractivity contribution in [3.63, 3.8) is 0 Å². The summed E-state index contributed by atoms with van der Waals surface area (Å²) in [5.74, 6) is 0.0605. The summed E-state index contributed by atoms with van der Waals surface area (Å²) in [5.41, 5.74) is 2.14. The zero-order valence-electron chi connectivity index (χ0n) is 15.0. The number of hydrogen-bond donors (Lipinski definition) is 0. The molecule has 0 aliphatic carbocycles. The molecule has 2 heterocycles. The summed E-state index contributed by atoms with van der Waals surface area (Å²) in [7, 11) is 0. The van der Waals surface area contributed by atoms with Gasteiger partial charge < -0.3 is 9.26 Å². The molecule has 2 aromatic heterocycles. The maximum atomic E-state index is 13.1. The van der Waals surface area contributed by atoms with Crippen molar-refractivity contribution in [3.8, 4) is 5.69 Å². The van der Waals surface area contributed by atoms with Crippen molar-refractivity contribution in [2.24, 2.45) is 0 Å². The molecule has 7 nitrogen and oxygen atoms in total. The second kappa shape index (κ2) is 7.07. The van der Waals surface area contributed by atoms with Crippen LogP contribution in [0.25, 0.3) is 5.69 Å². The van der Waals surface area contributed by atoms with E-state index in [2.05, 4.69) is 15.2 Å². The minimum Gasteiger partial charge on any atom is -0.452 e. The average molecular weight is 358 g/mol. The van der Waals surface area contributed by atoms with Gasteiger partial charge in [0.1, 0.15) is 11.4 Å². The summed E-state index contributed by atoms with van der Waals surface area (Å²) in [6, 6.07) is 5.86. The molecule has 1 aromatic carbocycles. The highest BCUT2D eigenvalue weighted by Crippen LogP contribution is 2.20. The minimum atomic E-state index is -0.530. The topological polar surface area (TPSA) is 83.0 Å². The number of aryl methyl sites for hydroxylation is 1. The number of nitrogens with zero attached hydrogens (tertiary/aromatic N) is 4.